The van der Waals surface area contributed by atoms with Crippen molar-refractivity contribution >= 4 is 60.7 Å². The number of anilines is 1. The number of alkyl carbamates (subject to hydrolysis) is 1. The molecule has 2 N–H and O–H groups in total. The van der Waals surface area contributed by atoms with E-state index in [2.05, 4.69) is 5.32 Å². The molecule has 2 aliphatic rings. The number of benzene rings is 2. The van der Waals surface area contributed by atoms with Crippen LogP contribution in [0.3, 0.4) is 0 Å². The zero-order chi connectivity index (χ0) is 27.1. The van der Waals surface area contributed by atoms with Crippen LogP contribution in [0.2, 0.25) is 0 Å². The van der Waals surface area contributed by atoms with E-state index in [0.717, 1.165) is 4.70 Å². The number of carbonyl (C=O) groups excluding carboxylic acids is 1. The summed E-state index contributed by atoms with van der Waals surface area (Å²) < 4.78 is 7.84. The van der Waals surface area contributed by atoms with Gasteiger partial charge in [-0.25, -0.2) is 9.59 Å². The standard InChI is InChI=1S/C26H24N4O7S/c1-26(2,3)37-25(34)27-21-13-10-28(11-14(13)21)17-9-16-12(8-18(17)30(35)36)22(31)20(24(32)33)23-29(16)15-6-4-5-7-19(15)38-23/h4-9,13-14,21H,10-11H2,1-3H3,(H,27,34)(H,32,33). The minimum absolute atomic E-state index is 0.0206. The minimum atomic E-state index is -1.38. The van der Waals surface area contributed by atoms with Crippen LogP contribution in [0.4, 0.5) is 16.2 Å². The van der Waals surface area contributed by atoms with Gasteiger partial charge in [0.15, 0.2) is 0 Å². The number of carboxylic acid groups (broad SMARTS) is 1. The number of amides is 1. The fourth-order valence-electron chi connectivity index (χ4n) is 5.52. The number of nitro groups is 1. The van der Waals surface area contributed by atoms with Gasteiger partial charge in [0.05, 0.1) is 26.0 Å². The van der Waals surface area contributed by atoms with Crippen LogP contribution < -0.4 is 15.6 Å². The van der Waals surface area contributed by atoms with Crippen molar-refractivity contribution < 1.29 is 24.4 Å². The van der Waals surface area contributed by atoms with Crippen molar-refractivity contribution in [3.05, 3.63) is 62.3 Å². The molecule has 2 aromatic heterocycles. The summed E-state index contributed by atoms with van der Waals surface area (Å²) >= 11 is 1.19. The first-order valence-electron chi connectivity index (χ1n) is 12.1. The number of ether oxygens (including phenoxy) is 1. The molecular formula is C26H24N4O7S. The van der Waals surface area contributed by atoms with E-state index in [1.54, 1.807) is 31.2 Å². The Morgan fingerprint density at radius 1 is 1.16 bits per heavy atom. The van der Waals surface area contributed by atoms with E-state index in [1.807, 2.05) is 29.2 Å². The largest absolute Gasteiger partial charge is 0.477 e. The summed E-state index contributed by atoms with van der Waals surface area (Å²) in [5.41, 5.74) is -0.538. The molecule has 2 atom stereocenters. The number of pyridine rings is 1. The van der Waals surface area contributed by atoms with Crippen molar-refractivity contribution in [1.82, 2.24) is 9.72 Å². The molecule has 2 unspecified atom stereocenters. The molecule has 11 nitrogen and oxygen atoms in total. The number of hydrogen-bond acceptors (Lipinski definition) is 8. The van der Waals surface area contributed by atoms with Crippen LogP contribution >= 0.6 is 11.3 Å². The molecule has 1 aliphatic carbocycles. The van der Waals surface area contributed by atoms with Gasteiger partial charge in [-0.1, -0.05) is 12.1 Å². The van der Waals surface area contributed by atoms with Gasteiger partial charge in [-0.2, -0.15) is 0 Å². The summed E-state index contributed by atoms with van der Waals surface area (Å²) in [5, 5.41) is 24.8. The highest BCUT2D eigenvalue weighted by Gasteiger charge is 2.57. The number of nitro benzene ring substituents is 1. The summed E-state index contributed by atoms with van der Waals surface area (Å²) in [4.78, 5) is 51.3. The molecule has 0 spiro atoms. The maximum absolute atomic E-state index is 13.3. The summed E-state index contributed by atoms with van der Waals surface area (Å²) in [7, 11) is 0. The Kier molecular flexibility index (Phi) is 5.18. The number of nitrogens with one attached hydrogen (secondary N) is 1. The minimum Gasteiger partial charge on any atom is -0.477 e. The van der Waals surface area contributed by atoms with Gasteiger partial charge < -0.3 is 20.1 Å². The molecule has 12 heteroatoms. The number of para-hydroxylation sites is 1. The second-order valence-electron chi connectivity index (χ2n) is 10.7. The van der Waals surface area contributed by atoms with Crippen LogP contribution in [0.1, 0.15) is 31.1 Å². The third-order valence-corrected chi connectivity index (χ3v) is 8.31. The van der Waals surface area contributed by atoms with Crippen LogP contribution in [0, 0.1) is 22.0 Å². The smallest absolute Gasteiger partial charge is 0.407 e. The van der Waals surface area contributed by atoms with Gasteiger partial charge >= 0.3 is 12.1 Å². The molecule has 38 heavy (non-hydrogen) atoms. The Balaban J connectivity index is 1.44. The monoisotopic (exact) mass is 536 g/mol. The van der Waals surface area contributed by atoms with Crippen molar-refractivity contribution in [3.8, 4) is 0 Å². The number of hydrogen-bond donors (Lipinski definition) is 2. The number of nitrogens with zero attached hydrogens (tertiary/aromatic N) is 3. The van der Waals surface area contributed by atoms with Crippen molar-refractivity contribution in [2.45, 2.75) is 32.4 Å². The first-order valence-corrected chi connectivity index (χ1v) is 12.9. The third kappa shape index (κ3) is 3.74. The zero-order valence-corrected chi connectivity index (χ0v) is 21.6. The lowest BCUT2D eigenvalue weighted by molar-refractivity contribution is -0.384. The van der Waals surface area contributed by atoms with Crippen LogP contribution in [-0.4, -0.2) is 51.2 Å². The van der Waals surface area contributed by atoms with E-state index < -0.39 is 33.6 Å². The lowest BCUT2D eigenvalue weighted by atomic mass is 10.1. The Morgan fingerprint density at radius 3 is 2.47 bits per heavy atom. The average Bonchev–Trinajstić information content (AvgIpc) is 3.17. The van der Waals surface area contributed by atoms with Crippen molar-refractivity contribution in [2.75, 3.05) is 18.0 Å². The first kappa shape index (κ1) is 24.2. The molecule has 0 radical (unpaired) electrons. The molecule has 1 saturated carbocycles. The molecule has 1 saturated heterocycles. The molecule has 4 aromatic rings. The van der Waals surface area contributed by atoms with Crippen LogP contribution in [0.15, 0.2) is 41.2 Å². The first-order chi connectivity index (χ1) is 17.9. The lowest BCUT2D eigenvalue weighted by Gasteiger charge is -2.24. The number of carbonyl (C=O) groups is 2. The highest BCUT2D eigenvalue weighted by Crippen LogP contribution is 2.49. The summed E-state index contributed by atoms with van der Waals surface area (Å²) in [6, 6.07) is 10.1. The molecule has 1 amide bonds. The molecule has 0 bridgehead atoms. The predicted molar refractivity (Wildman–Crippen MR) is 143 cm³/mol. The Labute approximate surface area is 219 Å². The quantitative estimate of drug-likeness (QED) is 0.291. The van der Waals surface area contributed by atoms with E-state index in [0.29, 0.717) is 29.8 Å². The van der Waals surface area contributed by atoms with Gasteiger partial charge in [0.1, 0.15) is 21.7 Å². The number of rotatable bonds is 4. The van der Waals surface area contributed by atoms with E-state index in [4.69, 9.17) is 4.74 Å². The molecule has 6 rings (SSSR count). The average molecular weight is 537 g/mol. The normalized spacial score (nSPS) is 20.6. The second-order valence-corrected chi connectivity index (χ2v) is 11.8. The fraction of sp³-hybridized carbons (Fsp3) is 0.346. The van der Waals surface area contributed by atoms with Gasteiger partial charge in [-0.3, -0.25) is 19.3 Å². The van der Waals surface area contributed by atoms with E-state index in [9.17, 15) is 29.6 Å². The maximum Gasteiger partial charge on any atom is 0.407 e. The molecule has 196 valence electrons. The molecule has 2 aromatic carbocycles. The van der Waals surface area contributed by atoms with Gasteiger partial charge in [-0.05, 0) is 39.0 Å². The highest BCUT2D eigenvalue weighted by molar-refractivity contribution is 7.24. The molecule has 2 fully saturated rings. The second kappa shape index (κ2) is 8.15. The summed E-state index contributed by atoms with van der Waals surface area (Å²) in [6.45, 7) is 6.36. The Morgan fingerprint density at radius 2 is 1.84 bits per heavy atom. The van der Waals surface area contributed by atoms with Gasteiger partial charge in [0.2, 0.25) is 5.43 Å². The van der Waals surface area contributed by atoms with Crippen molar-refractivity contribution in [1.29, 1.82) is 0 Å². The van der Waals surface area contributed by atoms with Gasteiger partial charge in [0, 0.05) is 37.0 Å². The third-order valence-electron chi connectivity index (χ3n) is 7.16. The topological polar surface area (TPSA) is 143 Å². The summed E-state index contributed by atoms with van der Waals surface area (Å²) in [5.74, 6) is -1.13. The predicted octanol–water partition coefficient (Wildman–Crippen LogP) is 4.23. The lowest BCUT2D eigenvalue weighted by Crippen LogP contribution is -2.38. The van der Waals surface area contributed by atoms with Crippen LogP contribution in [-0.2, 0) is 4.74 Å². The van der Waals surface area contributed by atoms with Crippen LogP contribution in [0.25, 0.3) is 25.9 Å². The number of thiazole rings is 1. The van der Waals surface area contributed by atoms with E-state index >= 15 is 0 Å². The number of carboxylic acids is 1. The Hall–Kier alpha value is -4.19. The Bertz CT molecular complexity index is 1740. The number of fused-ring (bicyclic) bond motifs is 6. The number of aromatic nitrogens is 1. The highest BCUT2D eigenvalue weighted by atomic mass is 32.1. The number of piperidine rings is 1. The van der Waals surface area contributed by atoms with E-state index in [-0.39, 0.29) is 33.8 Å². The van der Waals surface area contributed by atoms with Gasteiger partial charge in [0.25, 0.3) is 5.69 Å². The fourth-order valence-corrected chi connectivity index (χ4v) is 6.71. The summed E-state index contributed by atoms with van der Waals surface area (Å²) in [6.07, 6.45) is -0.486. The van der Waals surface area contributed by atoms with Gasteiger partial charge in [-0.15, -0.1) is 11.3 Å². The maximum atomic E-state index is 13.3. The molecular weight excluding hydrogens is 512 g/mol. The van der Waals surface area contributed by atoms with E-state index in [1.165, 1.54) is 17.4 Å². The molecule has 1 aliphatic heterocycles. The SMILES string of the molecule is CC(C)(C)OC(=O)NC1C2CN(c3cc4c(cc3[N+](=O)[O-])c(=O)c(C(=O)O)c3sc5ccccc5n34)CC21. The zero-order valence-electron chi connectivity index (χ0n) is 20.8. The molecule has 3 heterocycles. The van der Waals surface area contributed by atoms with Crippen molar-refractivity contribution in [3.63, 3.8) is 0 Å². The van der Waals surface area contributed by atoms with Crippen molar-refractivity contribution in [2.24, 2.45) is 11.8 Å². The number of aromatic carboxylic acids is 1. The van der Waals surface area contributed by atoms with Crippen LogP contribution in [0.5, 0.6) is 0 Å².